The smallest absolute Gasteiger partial charge is 0.209 e. The molecule has 0 aliphatic rings. The third kappa shape index (κ3) is 3.97. The summed E-state index contributed by atoms with van der Waals surface area (Å²) >= 11 is 4.21. The molecular weight excluding hydrogens is 348 g/mol. The number of thiophene rings is 1. The van der Waals surface area contributed by atoms with Crippen molar-refractivity contribution in [1.82, 2.24) is 4.31 Å². The van der Waals surface area contributed by atoms with Crippen LogP contribution in [0.25, 0.3) is 0 Å². The molecular formula is C10H14BrF2NO2S2. The van der Waals surface area contributed by atoms with Crippen LogP contribution in [0, 0.1) is 0 Å². The van der Waals surface area contributed by atoms with Gasteiger partial charge in [0.2, 0.25) is 0 Å². The van der Waals surface area contributed by atoms with Crippen molar-refractivity contribution >= 4 is 37.3 Å². The highest BCUT2D eigenvalue weighted by molar-refractivity contribution is 9.09. The Labute approximate surface area is 118 Å². The summed E-state index contributed by atoms with van der Waals surface area (Å²) in [6.45, 7) is 1.18. The Morgan fingerprint density at radius 3 is 2.56 bits per heavy atom. The zero-order valence-electron chi connectivity index (χ0n) is 9.77. The van der Waals surface area contributed by atoms with Crippen molar-refractivity contribution in [2.75, 3.05) is 18.4 Å². The van der Waals surface area contributed by atoms with E-state index in [0.29, 0.717) is 5.33 Å². The van der Waals surface area contributed by atoms with Gasteiger partial charge in [-0.05, 0) is 18.6 Å². The van der Waals surface area contributed by atoms with Crippen molar-refractivity contribution in [3.8, 4) is 0 Å². The minimum absolute atomic E-state index is 0.0338. The second-order valence-corrected chi connectivity index (χ2v) is 7.64. The molecule has 1 rings (SSSR count). The lowest BCUT2D eigenvalue weighted by atomic mass is 10.4. The first-order valence-electron chi connectivity index (χ1n) is 5.34. The summed E-state index contributed by atoms with van der Waals surface area (Å²) in [5.41, 5.74) is 0. The van der Waals surface area contributed by atoms with Crippen LogP contribution in [0.1, 0.15) is 11.8 Å². The molecule has 1 aromatic heterocycles. The number of aryl methyl sites for hydroxylation is 1. The fourth-order valence-electron chi connectivity index (χ4n) is 1.37. The molecule has 0 unspecified atom stereocenters. The molecule has 0 atom stereocenters. The molecule has 1 heterocycles. The van der Waals surface area contributed by atoms with Gasteiger partial charge in [-0.15, -0.1) is 11.3 Å². The Morgan fingerprint density at radius 1 is 1.44 bits per heavy atom. The number of hydrogen-bond acceptors (Lipinski definition) is 3. The van der Waals surface area contributed by atoms with Gasteiger partial charge in [0.15, 0.2) is 0 Å². The van der Waals surface area contributed by atoms with Gasteiger partial charge in [0, 0.05) is 16.8 Å². The second-order valence-electron chi connectivity index (χ2n) is 3.52. The van der Waals surface area contributed by atoms with E-state index in [1.807, 2.05) is 6.92 Å². The average Bonchev–Trinajstić information content (AvgIpc) is 2.77. The zero-order chi connectivity index (χ0) is 13.8. The third-order valence-corrected chi connectivity index (χ3v) is 6.17. The van der Waals surface area contributed by atoms with E-state index in [0.717, 1.165) is 26.9 Å². The summed E-state index contributed by atoms with van der Waals surface area (Å²) in [6.07, 6.45) is -1.95. The maximum atomic E-state index is 12.4. The molecule has 0 aromatic carbocycles. The summed E-state index contributed by atoms with van der Waals surface area (Å²) in [7, 11) is -3.81. The largest absolute Gasteiger partial charge is 0.252 e. The van der Waals surface area contributed by atoms with Gasteiger partial charge < -0.3 is 0 Å². The summed E-state index contributed by atoms with van der Waals surface area (Å²) in [4.78, 5) is 0.921. The van der Waals surface area contributed by atoms with E-state index in [-0.39, 0.29) is 10.8 Å². The highest BCUT2D eigenvalue weighted by Crippen LogP contribution is 2.25. The molecule has 104 valence electrons. The van der Waals surface area contributed by atoms with Crippen molar-refractivity contribution in [2.24, 2.45) is 0 Å². The standard InChI is InChI=1S/C10H14BrF2NO2S2/c1-2-8-3-4-10(17-8)18(15,16)14(6-5-11)7-9(12)13/h3-4,9H,2,5-7H2,1H3. The van der Waals surface area contributed by atoms with Gasteiger partial charge in [-0.1, -0.05) is 22.9 Å². The lowest BCUT2D eigenvalue weighted by molar-refractivity contribution is 0.121. The van der Waals surface area contributed by atoms with Crippen LogP contribution in [-0.4, -0.2) is 37.6 Å². The first-order valence-corrected chi connectivity index (χ1v) is 8.72. The number of hydrogen-bond donors (Lipinski definition) is 0. The van der Waals surface area contributed by atoms with Crippen molar-refractivity contribution < 1.29 is 17.2 Å². The molecule has 18 heavy (non-hydrogen) atoms. The Kier molecular flexibility index (Phi) is 6.16. The second kappa shape index (κ2) is 6.93. The molecule has 8 heteroatoms. The molecule has 0 fully saturated rings. The lowest BCUT2D eigenvalue weighted by Crippen LogP contribution is -2.36. The summed E-state index contributed by atoms with van der Waals surface area (Å²) in [5, 5.41) is 0.324. The van der Waals surface area contributed by atoms with Crippen LogP contribution in [0.3, 0.4) is 0 Å². The Hall–Kier alpha value is -0.0500. The summed E-state index contributed by atoms with van der Waals surface area (Å²) in [5.74, 6) is 0. The molecule has 3 nitrogen and oxygen atoms in total. The number of halogens is 3. The van der Waals surface area contributed by atoms with Crippen LogP contribution in [0.2, 0.25) is 0 Å². The summed E-state index contributed by atoms with van der Waals surface area (Å²) in [6, 6.07) is 3.19. The van der Waals surface area contributed by atoms with Crippen LogP contribution in [0.15, 0.2) is 16.3 Å². The van der Waals surface area contributed by atoms with Crippen LogP contribution < -0.4 is 0 Å². The molecule has 0 saturated carbocycles. The van der Waals surface area contributed by atoms with Gasteiger partial charge in [-0.25, -0.2) is 17.2 Å². The fraction of sp³-hybridized carbons (Fsp3) is 0.600. The number of rotatable bonds is 7. The normalized spacial score (nSPS) is 12.6. The Bertz CT molecular complexity index is 476. The third-order valence-electron chi connectivity index (χ3n) is 2.26. The predicted octanol–water partition coefficient (Wildman–Crippen LogP) is 2.96. The molecule has 1 aromatic rings. The number of alkyl halides is 3. The molecule has 0 bridgehead atoms. The van der Waals surface area contributed by atoms with Crippen molar-refractivity contribution in [2.45, 2.75) is 24.0 Å². The minimum atomic E-state index is -3.81. The first kappa shape index (κ1) is 16.0. The van der Waals surface area contributed by atoms with Gasteiger partial charge in [0.05, 0.1) is 6.54 Å². The minimum Gasteiger partial charge on any atom is -0.209 e. The van der Waals surface area contributed by atoms with E-state index in [2.05, 4.69) is 15.9 Å². The predicted molar refractivity (Wildman–Crippen MR) is 72.3 cm³/mol. The molecule has 0 amide bonds. The highest BCUT2D eigenvalue weighted by atomic mass is 79.9. The molecule has 0 aliphatic heterocycles. The van der Waals surface area contributed by atoms with E-state index >= 15 is 0 Å². The SMILES string of the molecule is CCc1ccc(S(=O)(=O)N(CCBr)CC(F)F)s1. The van der Waals surface area contributed by atoms with Crippen LogP contribution in [0.4, 0.5) is 8.78 Å². The monoisotopic (exact) mass is 361 g/mol. The quantitative estimate of drug-likeness (QED) is 0.700. The fourth-order valence-corrected chi connectivity index (χ4v) is 4.90. The Balaban J connectivity index is 3.00. The molecule has 0 N–H and O–H groups in total. The van der Waals surface area contributed by atoms with Crippen LogP contribution in [0.5, 0.6) is 0 Å². The average molecular weight is 362 g/mol. The van der Waals surface area contributed by atoms with Gasteiger partial charge >= 0.3 is 0 Å². The van der Waals surface area contributed by atoms with E-state index in [4.69, 9.17) is 0 Å². The Morgan fingerprint density at radius 2 is 2.11 bits per heavy atom. The number of nitrogens with zero attached hydrogens (tertiary/aromatic N) is 1. The maximum Gasteiger partial charge on any atom is 0.252 e. The molecule has 0 aliphatic carbocycles. The van der Waals surface area contributed by atoms with Gasteiger partial charge in [0.25, 0.3) is 16.4 Å². The summed E-state index contributed by atoms with van der Waals surface area (Å²) < 4.78 is 50.1. The van der Waals surface area contributed by atoms with Gasteiger partial charge in [0.1, 0.15) is 4.21 Å². The van der Waals surface area contributed by atoms with Crippen molar-refractivity contribution in [3.05, 3.63) is 17.0 Å². The van der Waals surface area contributed by atoms with Crippen LogP contribution in [-0.2, 0) is 16.4 Å². The van der Waals surface area contributed by atoms with Crippen LogP contribution >= 0.6 is 27.3 Å². The van der Waals surface area contributed by atoms with E-state index in [1.54, 1.807) is 6.07 Å². The maximum absolute atomic E-state index is 12.4. The van der Waals surface area contributed by atoms with E-state index in [9.17, 15) is 17.2 Å². The number of sulfonamides is 1. The van der Waals surface area contributed by atoms with E-state index in [1.165, 1.54) is 6.07 Å². The van der Waals surface area contributed by atoms with Crippen molar-refractivity contribution in [1.29, 1.82) is 0 Å². The topological polar surface area (TPSA) is 37.4 Å². The van der Waals surface area contributed by atoms with E-state index < -0.39 is 23.0 Å². The lowest BCUT2D eigenvalue weighted by Gasteiger charge is -2.19. The van der Waals surface area contributed by atoms with Gasteiger partial charge in [-0.3, -0.25) is 0 Å². The highest BCUT2D eigenvalue weighted by Gasteiger charge is 2.27. The first-order chi connectivity index (χ1) is 8.41. The molecule has 0 spiro atoms. The van der Waals surface area contributed by atoms with Crippen molar-refractivity contribution in [3.63, 3.8) is 0 Å². The zero-order valence-corrected chi connectivity index (χ0v) is 13.0. The molecule has 0 radical (unpaired) electrons. The molecule has 0 saturated heterocycles. The van der Waals surface area contributed by atoms with Gasteiger partial charge in [-0.2, -0.15) is 4.31 Å².